The van der Waals surface area contributed by atoms with Crippen molar-refractivity contribution >= 4 is 11.9 Å². The average Bonchev–Trinajstić information content (AvgIpc) is 2.71. The zero-order valence-corrected chi connectivity index (χ0v) is 10.6. The van der Waals surface area contributed by atoms with E-state index in [0.29, 0.717) is 0 Å². The summed E-state index contributed by atoms with van der Waals surface area (Å²) in [6, 6.07) is 6.56. The van der Waals surface area contributed by atoms with E-state index in [1.807, 2.05) is 16.1 Å². The Bertz CT molecular complexity index is 691. The van der Waals surface area contributed by atoms with E-state index in [4.69, 9.17) is 10.2 Å². The molecule has 0 atom stereocenters. The van der Waals surface area contributed by atoms with Gasteiger partial charge in [0.05, 0.1) is 6.92 Å². The molecule has 0 bridgehead atoms. The van der Waals surface area contributed by atoms with Crippen molar-refractivity contribution < 1.29 is 28.9 Å². The van der Waals surface area contributed by atoms with Crippen molar-refractivity contribution in [2.75, 3.05) is 0 Å². The summed E-state index contributed by atoms with van der Waals surface area (Å²) in [5, 5.41) is 18.1. The Hall–Kier alpha value is -2.76. The minimum Gasteiger partial charge on any atom is -0.477 e. The third kappa shape index (κ3) is 1.65. The SMILES string of the molecule is CC1[n+]2cc(C(=O)O)ccc2-c2ccc(C(=O)O)c[n+]21. The van der Waals surface area contributed by atoms with Gasteiger partial charge in [0.2, 0.25) is 0 Å². The first-order valence-corrected chi connectivity index (χ1v) is 6.06. The molecule has 6 heteroatoms. The highest BCUT2D eigenvalue weighted by Gasteiger charge is 2.41. The van der Waals surface area contributed by atoms with Gasteiger partial charge in [-0.1, -0.05) is 0 Å². The van der Waals surface area contributed by atoms with Crippen LogP contribution in [-0.4, -0.2) is 22.2 Å². The summed E-state index contributed by atoms with van der Waals surface area (Å²) in [5.74, 6) is -1.97. The van der Waals surface area contributed by atoms with E-state index < -0.39 is 11.9 Å². The zero-order chi connectivity index (χ0) is 14.4. The number of fused-ring (bicyclic) bond motifs is 3. The normalized spacial score (nSPS) is 12.8. The molecule has 0 fully saturated rings. The van der Waals surface area contributed by atoms with Crippen molar-refractivity contribution in [1.82, 2.24) is 0 Å². The second-order valence-corrected chi connectivity index (χ2v) is 4.66. The minimum absolute atomic E-state index is 0.168. The summed E-state index contributed by atoms with van der Waals surface area (Å²) in [6.07, 6.45) is 2.96. The molecule has 2 aromatic heterocycles. The zero-order valence-electron chi connectivity index (χ0n) is 10.6. The summed E-state index contributed by atoms with van der Waals surface area (Å²) in [6.45, 7) is 1.89. The van der Waals surface area contributed by atoms with Crippen molar-refractivity contribution in [3.8, 4) is 11.4 Å². The molecule has 0 aromatic carbocycles. The molecule has 0 spiro atoms. The molecule has 2 N–H and O–H groups in total. The number of nitrogens with zero attached hydrogens (tertiary/aromatic N) is 2. The van der Waals surface area contributed by atoms with Crippen LogP contribution in [0.1, 0.15) is 33.8 Å². The average molecular weight is 272 g/mol. The molecule has 2 aromatic rings. The number of aromatic nitrogens is 2. The molecular formula is C14H12N2O4+2. The fourth-order valence-electron chi connectivity index (χ4n) is 2.48. The maximum Gasteiger partial charge on any atom is 0.350 e. The van der Waals surface area contributed by atoms with Gasteiger partial charge in [0.25, 0.3) is 11.4 Å². The van der Waals surface area contributed by atoms with Gasteiger partial charge in [0, 0.05) is 12.1 Å². The van der Waals surface area contributed by atoms with E-state index in [-0.39, 0.29) is 17.3 Å². The highest BCUT2D eigenvalue weighted by molar-refractivity contribution is 5.87. The molecule has 0 radical (unpaired) electrons. The molecule has 0 aliphatic carbocycles. The van der Waals surface area contributed by atoms with E-state index >= 15 is 0 Å². The topological polar surface area (TPSA) is 82.4 Å². The number of pyridine rings is 2. The van der Waals surface area contributed by atoms with Crippen LogP contribution < -0.4 is 9.13 Å². The summed E-state index contributed by atoms with van der Waals surface area (Å²) < 4.78 is 3.65. The van der Waals surface area contributed by atoms with Crippen LogP contribution >= 0.6 is 0 Å². The minimum atomic E-state index is -0.986. The van der Waals surface area contributed by atoms with E-state index in [1.54, 1.807) is 36.7 Å². The van der Waals surface area contributed by atoms with E-state index in [9.17, 15) is 9.59 Å². The van der Waals surface area contributed by atoms with E-state index in [0.717, 1.165) is 11.4 Å². The Labute approximate surface area is 114 Å². The van der Waals surface area contributed by atoms with Gasteiger partial charge in [0.15, 0.2) is 12.4 Å². The smallest absolute Gasteiger partial charge is 0.350 e. The van der Waals surface area contributed by atoms with Crippen LogP contribution in [0.15, 0.2) is 36.7 Å². The van der Waals surface area contributed by atoms with Gasteiger partial charge in [0.1, 0.15) is 11.1 Å². The summed E-state index contributed by atoms with van der Waals surface area (Å²) >= 11 is 0. The van der Waals surface area contributed by atoms with Crippen LogP contribution in [0, 0.1) is 0 Å². The lowest BCUT2D eigenvalue weighted by Gasteiger charge is -1.97. The Balaban J connectivity index is 2.18. The Morgan fingerprint density at radius 1 is 0.900 bits per heavy atom. The molecule has 6 nitrogen and oxygen atoms in total. The molecule has 1 aliphatic rings. The van der Waals surface area contributed by atoms with E-state index in [2.05, 4.69) is 0 Å². The maximum absolute atomic E-state index is 11.0. The second-order valence-electron chi connectivity index (χ2n) is 4.66. The molecule has 20 heavy (non-hydrogen) atoms. The molecule has 0 saturated heterocycles. The van der Waals surface area contributed by atoms with Crippen molar-refractivity contribution in [2.45, 2.75) is 13.1 Å². The first-order valence-electron chi connectivity index (χ1n) is 6.06. The van der Waals surface area contributed by atoms with Crippen molar-refractivity contribution in [1.29, 1.82) is 0 Å². The van der Waals surface area contributed by atoms with Crippen LogP contribution in [-0.2, 0) is 0 Å². The van der Waals surface area contributed by atoms with Crippen molar-refractivity contribution in [2.24, 2.45) is 0 Å². The quantitative estimate of drug-likeness (QED) is 0.789. The molecule has 3 heterocycles. The number of carboxylic acids is 2. The number of carboxylic acid groups (broad SMARTS) is 2. The third-order valence-electron chi connectivity index (χ3n) is 3.52. The first-order chi connectivity index (χ1) is 9.49. The lowest BCUT2D eigenvalue weighted by molar-refractivity contribution is -0.906. The molecule has 0 saturated carbocycles. The van der Waals surface area contributed by atoms with Crippen molar-refractivity contribution in [3.05, 3.63) is 47.8 Å². The van der Waals surface area contributed by atoms with Gasteiger partial charge in [-0.2, -0.15) is 0 Å². The number of hydrogen-bond acceptors (Lipinski definition) is 2. The largest absolute Gasteiger partial charge is 0.477 e. The van der Waals surface area contributed by atoms with Crippen molar-refractivity contribution in [3.63, 3.8) is 0 Å². The van der Waals surface area contributed by atoms with Gasteiger partial charge < -0.3 is 10.2 Å². The van der Waals surface area contributed by atoms with Gasteiger partial charge in [-0.25, -0.2) is 9.59 Å². The summed E-state index contributed by atoms with van der Waals surface area (Å²) in [5.41, 5.74) is 2.12. The monoisotopic (exact) mass is 272 g/mol. The third-order valence-corrected chi connectivity index (χ3v) is 3.52. The molecule has 0 unspecified atom stereocenters. The molecular weight excluding hydrogens is 260 g/mol. The number of carbonyl (C=O) groups is 2. The highest BCUT2D eigenvalue weighted by atomic mass is 16.4. The number of aromatic carboxylic acids is 2. The predicted octanol–water partition coefficient (Wildman–Crippen LogP) is 0.705. The number of rotatable bonds is 2. The fraction of sp³-hybridized carbons (Fsp3) is 0.143. The van der Waals surface area contributed by atoms with Crippen LogP contribution in [0.4, 0.5) is 0 Å². The standard InChI is InChI=1S/C14H10N2O4/c1-8-15-6-9(13(17)18)2-4-11(15)12-5-3-10(14(19)20)7-16(8)12/h2-8H,1H3/p+2. The van der Waals surface area contributed by atoms with E-state index in [1.165, 1.54) is 0 Å². The molecule has 3 rings (SSSR count). The van der Waals surface area contributed by atoms with Crippen LogP contribution in [0.2, 0.25) is 0 Å². The van der Waals surface area contributed by atoms with Crippen LogP contribution in [0.5, 0.6) is 0 Å². The molecule has 1 aliphatic heterocycles. The Kier molecular flexibility index (Phi) is 2.53. The van der Waals surface area contributed by atoms with Gasteiger partial charge >= 0.3 is 18.1 Å². The summed E-state index contributed by atoms with van der Waals surface area (Å²) in [4.78, 5) is 22.1. The lowest BCUT2D eigenvalue weighted by Crippen LogP contribution is -2.50. The predicted molar refractivity (Wildman–Crippen MR) is 66.3 cm³/mol. The number of hydrogen-bond donors (Lipinski definition) is 2. The summed E-state index contributed by atoms with van der Waals surface area (Å²) in [7, 11) is 0. The van der Waals surface area contributed by atoms with Gasteiger partial charge in [-0.3, -0.25) is 0 Å². The first kappa shape index (κ1) is 12.3. The Morgan fingerprint density at radius 2 is 1.30 bits per heavy atom. The molecule has 100 valence electrons. The Morgan fingerprint density at radius 3 is 1.65 bits per heavy atom. The van der Waals surface area contributed by atoms with Gasteiger partial charge in [-0.15, -0.1) is 9.13 Å². The van der Waals surface area contributed by atoms with Crippen LogP contribution in [0.3, 0.4) is 0 Å². The van der Waals surface area contributed by atoms with Gasteiger partial charge in [-0.05, 0) is 12.1 Å². The molecule has 0 amide bonds. The highest BCUT2D eigenvalue weighted by Crippen LogP contribution is 2.20. The lowest BCUT2D eigenvalue weighted by atomic mass is 10.2. The fourth-order valence-corrected chi connectivity index (χ4v) is 2.48. The van der Waals surface area contributed by atoms with Crippen LogP contribution in [0.25, 0.3) is 11.4 Å². The second kappa shape index (κ2) is 4.12. The maximum atomic E-state index is 11.0.